The Bertz CT molecular complexity index is 331. The van der Waals surface area contributed by atoms with Gasteiger partial charge in [0.05, 0.1) is 6.61 Å². The number of halogens is 1. The van der Waals surface area contributed by atoms with Crippen molar-refractivity contribution in [3.8, 4) is 5.75 Å². The van der Waals surface area contributed by atoms with E-state index in [0.29, 0.717) is 18.9 Å². The van der Waals surface area contributed by atoms with Crippen LogP contribution in [-0.4, -0.2) is 26.9 Å². The van der Waals surface area contributed by atoms with Crippen LogP contribution in [0.4, 0.5) is 4.39 Å². The topological polar surface area (TPSA) is 30.5 Å². The molecule has 0 aromatic heterocycles. The van der Waals surface area contributed by atoms with Gasteiger partial charge in [-0.2, -0.15) is 0 Å². The zero-order chi connectivity index (χ0) is 12.0. The van der Waals surface area contributed by atoms with Gasteiger partial charge in [-0.1, -0.05) is 12.1 Å². The average Bonchev–Trinajstić information content (AvgIpc) is 2.24. The van der Waals surface area contributed by atoms with Crippen LogP contribution in [0.2, 0.25) is 0 Å². The first-order valence-corrected chi connectivity index (χ1v) is 5.26. The Hall–Kier alpha value is -1.13. The highest BCUT2D eigenvalue weighted by atomic mass is 19.1. The number of benzene rings is 1. The molecular weight excluding hydrogens is 209 g/mol. The maximum Gasteiger partial charge on any atom is 0.165 e. The molecule has 1 unspecified atom stereocenters. The lowest BCUT2D eigenvalue weighted by molar-refractivity contribution is 0.0885. The molecule has 0 saturated heterocycles. The zero-order valence-corrected chi connectivity index (χ0v) is 9.92. The van der Waals surface area contributed by atoms with E-state index in [1.165, 1.54) is 6.07 Å². The molecule has 0 amide bonds. The Morgan fingerprint density at radius 2 is 2.19 bits per heavy atom. The molecule has 3 nitrogen and oxygen atoms in total. The van der Waals surface area contributed by atoms with E-state index < -0.39 is 0 Å². The summed E-state index contributed by atoms with van der Waals surface area (Å²) >= 11 is 0. The lowest BCUT2D eigenvalue weighted by Gasteiger charge is -2.17. The maximum atomic E-state index is 13.6. The molecule has 0 bridgehead atoms. The molecule has 0 saturated carbocycles. The number of para-hydroxylation sites is 1. The van der Waals surface area contributed by atoms with E-state index in [2.05, 4.69) is 5.32 Å². The lowest BCUT2D eigenvalue weighted by Crippen LogP contribution is -2.20. The second-order valence-electron chi connectivity index (χ2n) is 3.64. The number of hydrogen-bond donors (Lipinski definition) is 1. The third-order valence-electron chi connectivity index (χ3n) is 2.14. The van der Waals surface area contributed by atoms with E-state index in [4.69, 9.17) is 9.47 Å². The van der Waals surface area contributed by atoms with Crippen molar-refractivity contribution < 1.29 is 13.9 Å². The summed E-state index contributed by atoms with van der Waals surface area (Å²) in [5.41, 5.74) is 0.811. The minimum atomic E-state index is -0.337. The van der Waals surface area contributed by atoms with Gasteiger partial charge in [0.15, 0.2) is 11.6 Å². The van der Waals surface area contributed by atoms with Gasteiger partial charge in [0, 0.05) is 19.2 Å². The molecule has 4 heteroatoms. The third-order valence-corrected chi connectivity index (χ3v) is 2.14. The summed E-state index contributed by atoms with van der Waals surface area (Å²) in [4.78, 5) is 0. The fraction of sp³-hybridized carbons (Fsp3) is 0.500. The Morgan fingerprint density at radius 3 is 2.81 bits per heavy atom. The number of hydrogen-bond acceptors (Lipinski definition) is 3. The van der Waals surface area contributed by atoms with Crippen molar-refractivity contribution in [3.05, 3.63) is 29.6 Å². The van der Waals surface area contributed by atoms with E-state index in [1.807, 2.05) is 20.0 Å². The van der Waals surface area contributed by atoms with E-state index in [-0.39, 0.29) is 11.9 Å². The van der Waals surface area contributed by atoms with Gasteiger partial charge < -0.3 is 14.8 Å². The molecule has 1 rings (SSSR count). The van der Waals surface area contributed by atoms with E-state index in [1.54, 1.807) is 13.2 Å². The van der Waals surface area contributed by atoms with Gasteiger partial charge in [-0.05, 0) is 20.0 Å². The van der Waals surface area contributed by atoms with Crippen LogP contribution in [0.25, 0.3) is 0 Å². The Labute approximate surface area is 95.6 Å². The molecule has 0 aliphatic carbocycles. The van der Waals surface area contributed by atoms with Gasteiger partial charge in [-0.15, -0.1) is 0 Å². The van der Waals surface area contributed by atoms with Crippen molar-refractivity contribution in [1.29, 1.82) is 0 Å². The van der Waals surface area contributed by atoms with Crippen molar-refractivity contribution in [3.63, 3.8) is 0 Å². The van der Waals surface area contributed by atoms with Crippen molar-refractivity contribution >= 4 is 0 Å². The Morgan fingerprint density at radius 1 is 1.44 bits per heavy atom. The summed E-state index contributed by atoms with van der Waals surface area (Å²) in [5, 5.41) is 2.98. The predicted octanol–water partition coefficient (Wildman–Crippen LogP) is 1.96. The fourth-order valence-electron chi connectivity index (χ4n) is 1.49. The molecular formula is C12H18FNO2. The smallest absolute Gasteiger partial charge is 0.165 e. The predicted molar refractivity (Wildman–Crippen MR) is 61.1 cm³/mol. The monoisotopic (exact) mass is 227 g/mol. The number of methoxy groups -OCH3 is 1. The first-order chi connectivity index (χ1) is 7.69. The highest BCUT2D eigenvalue weighted by Gasteiger charge is 2.12. The van der Waals surface area contributed by atoms with Crippen LogP contribution < -0.4 is 10.1 Å². The molecule has 1 atom stereocenters. The van der Waals surface area contributed by atoms with Crippen molar-refractivity contribution in [2.75, 3.05) is 20.8 Å². The first-order valence-electron chi connectivity index (χ1n) is 5.26. The summed E-state index contributed by atoms with van der Waals surface area (Å²) in [6.07, 6.45) is -0.169. The molecule has 90 valence electrons. The van der Waals surface area contributed by atoms with Crippen LogP contribution in [0.1, 0.15) is 12.5 Å². The second-order valence-corrected chi connectivity index (χ2v) is 3.64. The summed E-state index contributed by atoms with van der Waals surface area (Å²) in [5.74, 6) is -0.0305. The van der Waals surface area contributed by atoms with Crippen LogP contribution in [-0.2, 0) is 11.3 Å². The Kier molecular flexibility index (Phi) is 5.22. The van der Waals surface area contributed by atoms with Crippen molar-refractivity contribution in [2.45, 2.75) is 19.6 Å². The summed E-state index contributed by atoms with van der Waals surface area (Å²) in [6.45, 7) is 2.86. The first kappa shape index (κ1) is 12.9. The van der Waals surface area contributed by atoms with Crippen molar-refractivity contribution in [1.82, 2.24) is 5.32 Å². The highest BCUT2D eigenvalue weighted by Crippen LogP contribution is 2.23. The molecule has 0 heterocycles. The van der Waals surface area contributed by atoms with Crippen molar-refractivity contribution in [2.24, 2.45) is 0 Å². The van der Waals surface area contributed by atoms with Gasteiger partial charge in [0.1, 0.15) is 6.10 Å². The van der Waals surface area contributed by atoms with Crippen LogP contribution in [0, 0.1) is 5.82 Å². The van der Waals surface area contributed by atoms with Gasteiger partial charge in [-0.25, -0.2) is 4.39 Å². The number of nitrogens with one attached hydrogen (secondary N) is 1. The zero-order valence-electron chi connectivity index (χ0n) is 9.92. The summed E-state index contributed by atoms with van der Waals surface area (Å²) < 4.78 is 24.1. The molecule has 16 heavy (non-hydrogen) atoms. The SMILES string of the molecule is CNCc1cccc(F)c1OC(C)COC. The summed E-state index contributed by atoms with van der Waals surface area (Å²) in [6, 6.07) is 4.91. The quantitative estimate of drug-likeness (QED) is 0.805. The van der Waals surface area contributed by atoms with Crippen LogP contribution in [0.5, 0.6) is 5.75 Å². The summed E-state index contributed by atoms with van der Waals surface area (Å²) in [7, 11) is 3.41. The molecule has 1 aromatic rings. The minimum Gasteiger partial charge on any atom is -0.485 e. The second kappa shape index (κ2) is 6.45. The van der Waals surface area contributed by atoms with E-state index in [9.17, 15) is 4.39 Å². The molecule has 1 N–H and O–H groups in total. The molecule has 0 aliphatic heterocycles. The fourth-order valence-corrected chi connectivity index (χ4v) is 1.49. The average molecular weight is 227 g/mol. The largest absolute Gasteiger partial charge is 0.485 e. The molecule has 0 aliphatic rings. The van der Waals surface area contributed by atoms with Gasteiger partial charge in [-0.3, -0.25) is 0 Å². The minimum absolute atomic E-state index is 0.169. The van der Waals surface area contributed by atoms with E-state index >= 15 is 0 Å². The van der Waals surface area contributed by atoms with Crippen LogP contribution in [0.3, 0.4) is 0 Å². The third kappa shape index (κ3) is 3.47. The van der Waals surface area contributed by atoms with Gasteiger partial charge >= 0.3 is 0 Å². The molecule has 0 radical (unpaired) electrons. The molecule has 0 spiro atoms. The highest BCUT2D eigenvalue weighted by molar-refractivity contribution is 5.35. The number of ether oxygens (including phenoxy) is 2. The van der Waals surface area contributed by atoms with E-state index in [0.717, 1.165) is 5.56 Å². The maximum absolute atomic E-state index is 13.6. The normalized spacial score (nSPS) is 12.5. The Balaban J connectivity index is 2.83. The van der Waals surface area contributed by atoms with Crippen LogP contribution >= 0.6 is 0 Å². The van der Waals surface area contributed by atoms with Gasteiger partial charge in [0.2, 0.25) is 0 Å². The van der Waals surface area contributed by atoms with Gasteiger partial charge in [0.25, 0.3) is 0 Å². The number of rotatable bonds is 6. The lowest BCUT2D eigenvalue weighted by atomic mass is 10.2. The van der Waals surface area contributed by atoms with Crippen LogP contribution in [0.15, 0.2) is 18.2 Å². The molecule has 1 aromatic carbocycles. The standard InChI is InChI=1S/C12H18FNO2/c1-9(8-15-3)16-12-10(7-14-2)5-4-6-11(12)13/h4-6,9,14H,7-8H2,1-3H3. The molecule has 0 fully saturated rings.